The molecule has 1 unspecified atom stereocenters. The summed E-state index contributed by atoms with van der Waals surface area (Å²) in [5, 5.41) is 15.2. The van der Waals surface area contributed by atoms with Crippen LogP contribution in [0.1, 0.15) is 30.9 Å². The number of hydrogen-bond donors (Lipinski definition) is 4. The summed E-state index contributed by atoms with van der Waals surface area (Å²) in [5.74, 6) is -1.67. The number of nitrogens with zero attached hydrogens (tertiary/aromatic N) is 3. The number of ether oxygens (including phenoxy) is 1. The minimum atomic E-state index is -4.87. The Balaban J connectivity index is 1.42. The topological polar surface area (TPSA) is 143 Å². The van der Waals surface area contributed by atoms with Crippen LogP contribution in [-0.2, 0) is 9.59 Å². The predicted molar refractivity (Wildman–Crippen MR) is 160 cm³/mol. The van der Waals surface area contributed by atoms with Crippen molar-refractivity contribution < 1.29 is 32.6 Å². The molecule has 44 heavy (non-hydrogen) atoms. The van der Waals surface area contributed by atoms with Gasteiger partial charge in [-0.2, -0.15) is 23.1 Å². The van der Waals surface area contributed by atoms with Gasteiger partial charge < -0.3 is 31.1 Å². The van der Waals surface area contributed by atoms with Crippen molar-refractivity contribution in [3.05, 3.63) is 71.8 Å². The molecule has 232 valence electrons. The highest BCUT2D eigenvalue weighted by Gasteiger charge is 2.46. The zero-order chi connectivity index (χ0) is 31.6. The second-order valence-electron chi connectivity index (χ2n) is 10.9. The van der Waals surface area contributed by atoms with Gasteiger partial charge in [0.25, 0.3) is 0 Å². The number of carboxylic acids is 1. The van der Waals surface area contributed by atoms with Crippen LogP contribution in [0.15, 0.2) is 61.2 Å². The first kappa shape index (κ1) is 31.1. The van der Waals surface area contributed by atoms with Gasteiger partial charge in [0.2, 0.25) is 23.8 Å². The number of amides is 1. The lowest BCUT2D eigenvalue weighted by molar-refractivity contribution is -0.198. The van der Waals surface area contributed by atoms with E-state index >= 15 is 0 Å². The number of nitrogen functional groups attached to an aromatic ring is 1. The zero-order valence-corrected chi connectivity index (χ0v) is 24.2. The normalized spacial score (nSPS) is 18.5. The fourth-order valence-corrected chi connectivity index (χ4v) is 5.90. The van der Waals surface area contributed by atoms with E-state index in [-0.39, 0.29) is 33.4 Å². The molecule has 1 aromatic heterocycles. The molecule has 0 aliphatic carbocycles. The van der Waals surface area contributed by atoms with Crippen LogP contribution in [0.25, 0.3) is 11.1 Å². The standard InChI is InChI=1S/C30H30ClF3N6O4/c1-2-24(41)37-19-5-3-4-17(12-19)21-13-18(31)6-7-20(21)26(30(32,33)34)44-25-14-23(38-28(35)39-25)40-10-8-29(9-11-40)15-22(27(42)43)36-16-29/h2-7,12-14,22,26,36H,1,8-11,15-16H2,(H,37,41)(H,42,43)(H2,35,38,39)/t22?,26-/m1/s1. The van der Waals surface area contributed by atoms with E-state index in [1.165, 1.54) is 30.3 Å². The number of aromatic nitrogens is 2. The van der Waals surface area contributed by atoms with Crippen LogP contribution in [0.5, 0.6) is 5.88 Å². The summed E-state index contributed by atoms with van der Waals surface area (Å²) >= 11 is 6.21. The maximum absolute atomic E-state index is 14.6. The van der Waals surface area contributed by atoms with Gasteiger partial charge in [0, 0.05) is 42.0 Å². The molecule has 10 nitrogen and oxygen atoms in total. The van der Waals surface area contributed by atoms with E-state index in [2.05, 4.69) is 27.2 Å². The molecule has 2 saturated heterocycles. The smallest absolute Gasteiger partial charge is 0.429 e. The van der Waals surface area contributed by atoms with Gasteiger partial charge >= 0.3 is 12.1 Å². The number of piperidine rings is 1. The summed E-state index contributed by atoms with van der Waals surface area (Å²) in [7, 11) is 0. The van der Waals surface area contributed by atoms with E-state index < -0.39 is 30.2 Å². The Morgan fingerprint density at radius 3 is 2.61 bits per heavy atom. The fourth-order valence-electron chi connectivity index (χ4n) is 5.73. The first-order valence-corrected chi connectivity index (χ1v) is 14.2. The van der Waals surface area contributed by atoms with Crippen molar-refractivity contribution in [2.75, 3.05) is 35.6 Å². The fraction of sp³-hybridized carbons (Fsp3) is 0.333. The molecule has 0 bridgehead atoms. The molecule has 5 rings (SSSR count). The Morgan fingerprint density at radius 1 is 1.20 bits per heavy atom. The van der Waals surface area contributed by atoms with E-state index in [0.29, 0.717) is 56.0 Å². The monoisotopic (exact) mass is 630 g/mol. The van der Waals surface area contributed by atoms with Gasteiger partial charge in [-0.15, -0.1) is 0 Å². The lowest BCUT2D eigenvalue weighted by Gasteiger charge is -2.39. The molecular weight excluding hydrogens is 601 g/mol. The number of nitrogens with two attached hydrogens (primary N) is 1. The number of carboxylic acid groups (broad SMARTS) is 1. The number of halogens is 4. The van der Waals surface area contributed by atoms with Crippen molar-refractivity contribution in [2.45, 2.75) is 37.6 Å². The highest BCUT2D eigenvalue weighted by molar-refractivity contribution is 6.30. The molecule has 2 atom stereocenters. The molecule has 1 amide bonds. The third kappa shape index (κ3) is 6.89. The molecule has 2 fully saturated rings. The van der Waals surface area contributed by atoms with E-state index in [1.54, 1.807) is 18.2 Å². The predicted octanol–water partition coefficient (Wildman–Crippen LogP) is 5.22. The van der Waals surface area contributed by atoms with Gasteiger partial charge in [0.05, 0.1) is 0 Å². The average molecular weight is 631 g/mol. The first-order chi connectivity index (χ1) is 20.9. The number of alkyl halides is 3. The van der Waals surface area contributed by atoms with Gasteiger partial charge in [-0.05, 0) is 66.1 Å². The molecule has 3 aromatic rings. The van der Waals surface area contributed by atoms with Gasteiger partial charge in [-0.25, -0.2) is 0 Å². The van der Waals surface area contributed by atoms with Crippen molar-refractivity contribution in [2.24, 2.45) is 5.41 Å². The lowest BCUT2D eigenvalue weighted by Crippen LogP contribution is -2.41. The average Bonchev–Trinajstić information content (AvgIpc) is 3.39. The van der Waals surface area contributed by atoms with E-state index in [0.717, 1.165) is 6.08 Å². The minimum absolute atomic E-state index is 0.142. The van der Waals surface area contributed by atoms with Gasteiger partial charge in [-0.1, -0.05) is 36.4 Å². The van der Waals surface area contributed by atoms with Crippen molar-refractivity contribution in [3.63, 3.8) is 0 Å². The summed E-state index contributed by atoms with van der Waals surface area (Å²) in [5.41, 5.74) is 6.38. The Labute approximate surface area is 256 Å². The molecule has 0 radical (unpaired) electrons. The second-order valence-corrected chi connectivity index (χ2v) is 11.4. The largest absolute Gasteiger partial charge is 0.480 e. The van der Waals surface area contributed by atoms with Crippen molar-refractivity contribution in [1.29, 1.82) is 0 Å². The Bertz CT molecular complexity index is 1580. The van der Waals surface area contributed by atoms with Gasteiger partial charge in [0.15, 0.2) is 0 Å². The van der Waals surface area contributed by atoms with Crippen molar-refractivity contribution in [3.8, 4) is 17.0 Å². The summed E-state index contributed by atoms with van der Waals surface area (Å²) in [4.78, 5) is 33.3. The Morgan fingerprint density at radius 2 is 1.95 bits per heavy atom. The van der Waals surface area contributed by atoms with Crippen LogP contribution < -0.4 is 26.0 Å². The lowest BCUT2D eigenvalue weighted by atomic mass is 9.76. The SMILES string of the molecule is C=CC(=O)Nc1cccc(-c2cc(Cl)ccc2[C@@H](Oc2cc(N3CCC4(CC3)CNC(C(=O)O)C4)nc(N)n2)C(F)(F)F)c1. The van der Waals surface area contributed by atoms with Crippen LogP contribution >= 0.6 is 11.6 Å². The highest BCUT2D eigenvalue weighted by Crippen LogP contribution is 2.43. The summed E-state index contributed by atoms with van der Waals surface area (Å²) in [6, 6.07) is 11.0. The second kappa shape index (κ2) is 12.3. The van der Waals surface area contributed by atoms with Crippen LogP contribution in [-0.4, -0.2) is 58.8 Å². The quantitative estimate of drug-likeness (QED) is 0.246. The molecule has 3 heterocycles. The maximum Gasteiger partial charge on any atom is 0.429 e. The zero-order valence-electron chi connectivity index (χ0n) is 23.4. The molecular formula is C30H30ClF3N6O4. The highest BCUT2D eigenvalue weighted by atomic mass is 35.5. The van der Waals surface area contributed by atoms with Crippen molar-refractivity contribution >= 4 is 40.9 Å². The van der Waals surface area contributed by atoms with Crippen LogP contribution in [0, 0.1) is 5.41 Å². The molecule has 1 spiro atoms. The number of aliphatic carboxylic acids is 1. The van der Waals surface area contributed by atoms with Crippen LogP contribution in [0.2, 0.25) is 5.02 Å². The van der Waals surface area contributed by atoms with Gasteiger partial charge in [-0.3, -0.25) is 9.59 Å². The third-order valence-corrected chi connectivity index (χ3v) is 8.21. The van der Waals surface area contributed by atoms with Gasteiger partial charge in [0.1, 0.15) is 11.9 Å². The number of benzene rings is 2. The molecule has 2 aliphatic heterocycles. The van der Waals surface area contributed by atoms with Crippen LogP contribution in [0.3, 0.4) is 0 Å². The molecule has 2 aromatic carbocycles. The first-order valence-electron chi connectivity index (χ1n) is 13.8. The minimum Gasteiger partial charge on any atom is -0.480 e. The number of anilines is 3. The summed E-state index contributed by atoms with van der Waals surface area (Å²) in [6.07, 6.45) is -4.38. The van der Waals surface area contributed by atoms with E-state index in [4.69, 9.17) is 22.1 Å². The van der Waals surface area contributed by atoms with Crippen molar-refractivity contribution in [1.82, 2.24) is 15.3 Å². The summed E-state index contributed by atoms with van der Waals surface area (Å²) < 4.78 is 49.5. The third-order valence-electron chi connectivity index (χ3n) is 7.97. The van der Waals surface area contributed by atoms with E-state index in [9.17, 15) is 27.9 Å². The molecule has 0 saturated carbocycles. The number of carbonyl (C=O) groups is 2. The molecule has 14 heteroatoms. The molecule has 5 N–H and O–H groups in total. The number of carbonyl (C=O) groups excluding carboxylic acids is 1. The number of hydrogen-bond acceptors (Lipinski definition) is 8. The van der Waals surface area contributed by atoms with Crippen LogP contribution in [0.4, 0.5) is 30.6 Å². The summed E-state index contributed by atoms with van der Waals surface area (Å²) in [6.45, 7) is 5.00. The Kier molecular flexibility index (Phi) is 8.71. The maximum atomic E-state index is 14.6. The molecule has 2 aliphatic rings. The van der Waals surface area contributed by atoms with E-state index in [1.807, 2.05) is 4.90 Å². The number of nitrogens with one attached hydrogen (secondary N) is 2. The Hall–Kier alpha value is -4.36. The number of rotatable bonds is 8.